The van der Waals surface area contributed by atoms with E-state index in [1.54, 1.807) is 30.3 Å². The number of ether oxygens (including phenoxy) is 1. The Hall–Kier alpha value is -3.45. The number of hydrogen-bond acceptors (Lipinski definition) is 5. The van der Waals surface area contributed by atoms with Gasteiger partial charge in [-0.2, -0.15) is 0 Å². The van der Waals surface area contributed by atoms with Gasteiger partial charge in [-0.3, -0.25) is 9.59 Å². The van der Waals surface area contributed by atoms with E-state index in [-0.39, 0.29) is 17.4 Å². The van der Waals surface area contributed by atoms with Gasteiger partial charge in [-0.15, -0.1) is 11.3 Å². The fraction of sp³-hybridized carbons (Fsp3) is 0.136. The molecule has 2 aromatic carbocycles. The lowest BCUT2D eigenvalue weighted by Crippen LogP contribution is -2.35. The van der Waals surface area contributed by atoms with Gasteiger partial charge in [0.1, 0.15) is 0 Å². The van der Waals surface area contributed by atoms with E-state index in [4.69, 9.17) is 4.74 Å². The second kappa shape index (κ2) is 9.66. The third kappa shape index (κ3) is 5.76. The number of anilines is 1. The Balaban J connectivity index is 1.55. The van der Waals surface area contributed by atoms with Crippen molar-refractivity contribution in [1.29, 1.82) is 0 Å². The Morgan fingerprint density at radius 1 is 1.00 bits per heavy atom. The van der Waals surface area contributed by atoms with Crippen LogP contribution in [0.2, 0.25) is 0 Å². The summed E-state index contributed by atoms with van der Waals surface area (Å²) in [5.74, 6) is -1.27. The standard InChI is InChI=1S/C22H20N2O4S/c1-15(20(25)23-14-16-7-3-2-4-8-16)28-22(27)17-9-5-10-18(13-17)24-21(26)19-11-6-12-29-19/h2-13,15H,14H2,1H3,(H,23,25)(H,24,26)/t15-/m0/s1. The quantitative estimate of drug-likeness (QED) is 0.582. The van der Waals surface area contributed by atoms with E-state index in [9.17, 15) is 14.4 Å². The molecule has 0 fully saturated rings. The monoisotopic (exact) mass is 408 g/mol. The third-order valence-electron chi connectivity index (χ3n) is 4.06. The molecule has 0 unspecified atom stereocenters. The number of benzene rings is 2. The molecule has 0 saturated heterocycles. The molecule has 1 atom stereocenters. The van der Waals surface area contributed by atoms with Crippen LogP contribution >= 0.6 is 11.3 Å². The number of hydrogen-bond donors (Lipinski definition) is 2. The van der Waals surface area contributed by atoms with Crippen molar-refractivity contribution in [2.24, 2.45) is 0 Å². The van der Waals surface area contributed by atoms with Crippen LogP contribution < -0.4 is 10.6 Å². The molecule has 1 aromatic heterocycles. The maximum atomic E-state index is 12.4. The molecule has 0 radical (unpaired) electrons. The maximum Gasteiger partial charge on any atom is 0.338 e. The average Bonchev–Trinajstić information content (AvgIpc) is 3.28. The highest BCUT2D eigenvalue weighted by Gasteiger charge is 2.19. The average molecular weight is 408 g/mol. The third-order valence-corrected chi connectivity index (χ3v) is 4.93. The van der Waals surface area contributed by atoms with Crippen molar-refractivity contribution < 1.29 is 19.1 Å². The van der Waals surface area contributed by atoms with Crippen LogP contribution in [-0.2, 0) is 16.1 Å². The number of esters is 1. The fourth-order valence-electron chi connectivity index (χ4n) is 2.54. The van der Waals surface area contributed by atoms with Gasteiger partial charge in [0.05, 0.1) is 10.4 Å². The van der Waals surface area contributed by atoms with Crippen LogP contribution in [0.5, 0.6) is 0 Å². The molecule has 0 aliphatic rings. The highest BCUT2D eigenvalue weighted by atomic mass is 32.1. The zero-order valence-electron chi connectivity index (χ0n) is 15.8. The lowest BCUT2D eigenvalue weighted by Gasteiger charge is -2.14. The van der Waals surface area contributed by atoms with Crippen LogP contribution in [0.3, 0.4) is 0 Å². The van der Waals surface area contributed by atoms with Gasteiger partial charge >= 0.3 is 5.97 Å². The summed E-state index contributed by atoms with van der Waals surface area (Å²) in [5.41, 5.74) is 1.67. The number of carbonyl (C=O) groups is 3. The Bertz CT molecular complexity index is 987. The molecule has 148 valence electrons. The fourth-order valence-corrected chi connectivity index (χ4v) is 3.15. The summed E-state index contributed by atoms with van der Waals surface area (Å²) in [4.78, 5) is 37.3. The summed E-state index contributed by atoms with van der Waals surface area (Å²) in [6, 6.07) is 19.4. The summed E-state index contributed by atoms with van der Waals surface area (Å²) in [6.07, 6.45) is -0.949. The van der Waals surface area contributed by atoms with Crippen LogP contribution in [0.1, 0.15) is 32.5 Å². The van der Waals surface area contributed by atoms with Crippen LogP contribution in [0.25, 0.3) is 0 Å². The summed E-state index contributed by atoms with van der Waals surface area (Å²) < 4.78 is 5.26. The van der Waals surface area contributed by atoms with E-state index < -0.39 is 12.1 Å². The van der Waals surface area contributed by atoms with Gasteiger partial charge in [0.25, 0.3) is 11.8 Å². The SMILES string of the molecule is C[C@H](OC(=O)c1cccc(NC(=O)c2cccs2)c1)C(=O)NCc1ccccc1. The zero-order chi connectivity index (χ0) is 20.6. The minimum Gasteiger partial charge on any atom is -0.449 e. The van der Waals surface area contributed by atoms with E-state index >= 15 is 0 Å². The largest absolute Gasteiger partial charge is 0.449 e. The van der Waals surface area contributed by atoms with Gasteiger partial charge in [-0.25, -0.2) is 4.79 Å². The summed E-state index contributed by atoms with van der Waals surface area (Å²) >= 11 is 1.33. The topological polar surface area (TPSA) is 84.5 Å². The van der Waals surface area contributed by atoms with Crippen LogP contribution in [0.4, 0.5) is 5.69 Å². The molecule has 3 aromatic rings. The predicted octanol–water partition coefficient (Wildman–Crippen LogP) is 3.86. The molecular weight excluding hydrogens is 388 g/mol. The predicted molar refractivity (Wildman–Crippen MR) is 112 cm³/mol. The summed E-state index contributed by atoms with van der Waals surface area (Å²) in [6.45, 7) is 1.87. The molecule has 0 saturated carbocycles. The first kappa shape index (κ1) is 20.3. The number of carbonyl (C=O) groups excluding carboxylic acids is 3. The van der Waals surface area contributed by atoms with Crippen LogP contribution in [0.15, 0.2) is 72.1 Å². The first-order valence-corrected chi connectivity index (χ1v) is 9.88. The zero-order valence-corrected chi connectivity index (χ0v) is 16.6. The van der Waals surface area contributed by atoms with Crippen molar-refractivity contribution >= 4 is 34.8 Å². The molecule has 0 bridgehead atoms. The maximum absolute atomic E-state index is 12.4. The van der Waals surface area contributed by atoms with Crippen molar-refractivity contribution in [3.05, 3.63) is 88.1 Å². The number of thiophene rings is 1. The molecule has 0 spiro atoms. The van der Waals surface area contributed by atoms with Gasteiger partial charge < -0.3 is 15.4 Å². The first-order valence-electron chi connectivity index (χ1n) is 9.00. The van der Waals surface area contributed by atoms with Crippen molar-refractivity contribution in [2.75, 3.05) is 5.32 Å². The van der Waals surface area contributed by atoms with E-state index in [0.717, 1.165) is 5.56 Å². The lowest BCUT2D eigenvalue weighted by molar-refractivity contribution is -0.129. The molecule has 3 rings (SSSR count). The number of rotatable bonds is 7. The molecule has 2 amide bonds. The van der Waals surface area contributed by atoms with Gasteiger partial charge in [0.15, 0.2) is 6.10 Å². The van der Waals surface area contributed by atoms with E-state index in [1.165, 1.54) is 24.3 Å². The highest BCUT2D eigenvalue weighted by Crippen LogP contribution is 2.16. The van der Waals surface area contributed by atoms with E-state index in [2.05, 4.69) is 10.6 Å². The minimum atomic E-state index is -0.949. The molecule has 6 nitrogen and oxygen atoms in total. The van der Waals surface area contributed by atoms with Crippen molar-refractivity contribution in [3.8, 4) is 0 Å². The van der Waals surface area contributed by atoms with Gasteiger partial charge in [0, 0.05) is 12.2 Å². The Morgan fingerprint density at radius 2 is 1.79 bits per heavy atom. The first-order chi connectivity index (χ1) is 14.0. The van der Waals surface area contributed by atoms with Crippen LogP contribution in [0, 0.1) is 0 Å². The van der Waals surface area contributed by atoms with Crippen molar-refractivity contribution in [2.45, 2.75) is 19.6 Å². The Kier molecular flexibility index (Phi) is 6.76. The lowest BCUT2D eigenvalue weighted by atomic mass is 10.2. The van der Waals surface area contributed by atoms with Gasteiger partial charge in [-0.1, -0.05) is 42.5 Å². The van der Waals surface area contributed by atoms with Gasteiger partial charge in [0.2, 0.25) is 0 Å². The van der Waals surface area contributed by atoms with Crippen molar-refractivity contribution in [1.82, 2.24) is 5.32 Å². The Labute approximate surface area is 172 Å². The van der Waals surface area contributed by atoms with E-state index in [1.807, 2.05) is 35.7 Å². The molecular formula is C22H20N2O4S. The molecule has 7 heteroatoms. The smallest absolute Gasteiger partial charge is 0.338 e. The summed E-state index contributed by atoms with van der Waals surface area (Å²) in [7, 11) is 0. The molecule has 0 aliphatic heterocycles. The molecule has 29 heavy (non-hydrogen) atoms. The van der Waals surface area contributed by atoms with Crippen LogP contribution in [-0.4, -0.2) is 23.9 Å². The highest BCUT2D eigenvalue weighted by molar-refractivity contribution is 7.12. The molecule has 0 aliphatic carbocycles. The van der Waals surface area contributed by atoms with Gasteiger partial charge in [-0.05, 0) is 42.1 Å². The number of amides is 2. The Morgan fingerprint density at radius 3 is 2.52 bits per heavy atom. The van der Waals surface area contributed by atoms with E-state index in [0.29, 0.717) is 17.1 Å². The summed E-state index contributed by atoms with van der Waals surface area (Å²) in [5, 5.41) is 7.29. The molecule has 1 heterocycles. The normalized spacial score (nSPS) is 11.3. The number of nitrogens with one attached hydrogen (secondary N) is 2. The second-order valence-electron chi connectivity index (χ2n) is 6.26. The minimum absolute atomic E-state index is 0.247. The molecule has 2 N–H and O–H groups in total. The van der Waals surface area contributed by atoms with Crippen molar-refractivity contribution in [3.63, 3.8) is 0 Å². The second-order valence-corrected chi connectivity index (χ2v) is 7.21.